The Labute approximate surface area is 179 Å². The van der Waals surface area contributed by atoms with Crippen LogP contribution in [0.1, 0.15) is 24.9 Å². The molecule has 0 spiro atoms. The minimum absolute atomic E-state index is 0.0862. The first-order valence-electron chi connectivity index (χ1n) is 9.96. The molecule has 31 heavy (non-hydrogen) atoms. The van der Waals surface area contributed by atoms with Crippen LogP contribution < -0.4 is 14.5 Å². The Bertz CT molecular complexity index is 1190. The number of methoxy groups -OCH3 is 1. The number of hydrogen-bond acceptors (Lipinski definition) is 6. The number of aliphatic hydroxyl groups is 1. The average Bonchev–Trinajstić information content (AvgIpc) is 3.31. The van der Waals surface area contributed by atoms with Crippen LogP contribution in [-0.4, -0.2) is 48.0 Å². The molecular formula is C23H24N4O4. The van der Waals surface area contributed by atoms with Gasteiger partial charge in [-0.15, -0.1) is 0 Å². The van der Waals surface area contributed by atoms with Crippen LogP contribution in [0.3, 0.4) is 0 Å². The molecule has 1 aliphatic rings. The summed E-state index contributed by atoms with van der Waals surface area (Å²) in [5.74, 6) is -0.585. The molecule has 1 aliphatic heterocycles. The largest absolute Gasteiger partial charge is 0.503 e. The van der Waals surface area contributed by atoms with Gasteiger partial charge in [0.15, 0.2) is 11.5 Å². The lowest BCUT2D eigenvalue weighted by molar-refractivity contribution is -0.118. The van der Waals surface area contributed by atoms with E-state index in [1.807, 2.05) is 43.3 Å². The fraction of sp³-hybridized carbons (Fsp3) is 0.261. The van der Waals surface area contributed by atoms with Gasteiger partial charge in [0.25, 0.3) is 5.91 Å². The van der Waals surface area contributed by atoms with Gasteiger partial charge in [-0.3, -0.25) is 14.5 Å². The molecule has 1 atom stereocenters. The van der Waals surface area contributed by atoms with E-state index in [9.17, 15) is 14.7 Å². The summed E-state index contributed by atoms with van der Waals surface area (Å²) in [6, 6.07) is 12.1. The van der Waals surface area contributed by atoms with Crippen LogP contribution in [0.15, 0.2) is 53.8 Å². The Morgan fingerprint density at radius 3 is 2.55 bits per heavy atom. The van der Waals surface area contributed by atoms with Crippen LogP contribution in [0, 0.1) is 0 Å². The number of hydrogen-bond donors (Lipinski definition) is 2. The van der Waals surface area contributed by atoms with Gasteiger partial charge in [0.2, 0.25) is 5.95 Å². The Kier molecular flexibility index (Phi) is 5.14. The van der Waals surface area contributed by atoms with Crippen molar-refractivity contribution in [1.29, 1.82) is 0 Å². The molecule has 0 aliphatic carbocycles. The van der Waals surface area contributed by atoms with E-state index in [1.54, 1.807) is 32.2 Å². The molecule has 1 amide bonds. The normalized spacial score (nSPS) is 16.3. The predicted molar refractivity (Wildman–Crippen MR) is 119 cm³/mol. The molecule has 0 fully saturated rings. The van der Waals surface area contributed by atoms with E-state index in [1.165, 1.54) is 4.90 Å². The van der Waals surface area contributed by atoms with Gasteiger partial charge in [0, 0.05) is 32.3 Å². The minimum Gasteiger partial charge on any atom is -0.503 e. The lowest BCUT2D eigenvalue weighted by atomic mass is 9.95. The van der Waals surface area contributed by atoms with E-state index < -0.39 is 17.7 Å². The molecule has 1 aromatic heterocycles. The van der Waals surface area contributed by atoms with E-state index in [-0.39, 0.29) is 23.7 Å². The quantitative estimate of drug-likeness (QED) is 0.633. The molecule has 0 saturated carbocycles. The summed E-state index contributed by atoms with van der Waals surface area (Å²) in [5, 5.41) is 10.6. The molecule has 2 heterocycles. The third kappa shape index (κ3) is 3.39. The van der Waals surface area contributed by atoms with Crippen LogP contribution in [0.4, 0.5) is 11.6 Å². The Morgan fingerprint density at radius 2 is 1.94 bits per heavy atom. The number of fused-ring (bicyclic) bond motifs is 1. The van der Waals surface area contributed by atoms with Gasteiger partial charge in [0.1, 0.15) is 5.75 Å². The third-order valence-electron chi connectivity index (χ3n) is 5.46. The van der Waals surface area contributed by atoms with Crippen molar-refractivity contribution in [3.63, 3.8) is 0 Å². The second-order valence-corrected chi connectivity index (χ2v) is 7.55. The van der Waals surface area contributed by atoms with Crippen LogP contribution in [0.5, 0.6) is 5.75 Å². The highest BCUT2D eigenvalue weighted by Gasteiger charge is 2.45. The van der Waals surface area contributed by atoms with E-state index in [0.717, 1.165) is 5.69 Å². The average molecular weight is 420 g/mol. The Hall–Kier alpha value is -3.81. The number of benzene rings is 2. The van der Waals surface area contributed by atoms with Gasteiger partial charge >= 0.3 is 0 Å². The van der Waals surface area contributed by atoms with Crippen molar-refractivity contribution in [1.82, 2.24) is 9.97 Å². The van der Waals surface area contributed by atoms with Crippen LogP contribution >= 0.6 is 0 Å². The number of anilines is 2. The summed E-state index contributed by atoms with van der Waals surface area (Å²) >= 11 is 0. The zero-order valence-corrected chi connectivity index (χ0v) is 17.8. The van der Waals surface area contributed by atoms with Crippen molar-refractivity contribution >= 4 is 34.4 Å². The fourth-order valence-electron chi connectivity index (χ4n) is 3.79. The van der Waals surface area contributed by atoms with Gasteiger partial charge < -0.3 is 19.7 Å². The van der Waals surface area contributed by atoms with Crippen LogP contribution in [-0.2, 0) is 9.59 Å². The smallest absolute Gasteiger partial charge is 0.296 e. The number of ketones is 1. The van der Waals surface area contributed by atoms with E-state index in [2.05, 4.69) is 9.97 Å². The molecule has 3 aromatic rings. The van der Waals surface area contributed by atoms with Crippen molar-refractivity contribution in [2.45, 2.75) is 19.4 Å². The standard InChI is InChI=1S/C23H24N4O4/c1-5-18(28)19-20(13-6-8-14(9-7-13)26(2)3)27(22(30)21(19)29)23-24-16-11-10-15(31-4)12-17(16)25-23/h6-12,20,29H,5H2,1-4H3,(H,24,25). The molecule has 4 rings (SSSR count). The maximum absolute atomic E-state index is 13.1. The highest BCUT2D eigenvalue weighted by atomic mass is 16.5. The van der Waals surface area contributed by atoms with Gasteiger partial charge in [-0.05, 0) is 29.8 Å². The first kappa shape index (κ1) is 20.5. The topological polar surface area (TPSA) is 98.8 Å². The number of Topliss-reactive ketones (excluding diaryl/α,β-unsaturated/α-hetero) is 1. The molecule has 8 heteroatoms. The number of carbonyl (C=O) groups excluding carboxylic acids is 2. The number of nitrogens with zero attached hydrogens (tertiary/aromatic N) is 3. The third-order valence-corrected chi connectivity index (χ3v) is 5.46. The second kappa shape index (κ2) is 7.79. The lowest BCUT2D eigenvalue weighted by Crippen LogP contribution is -2.32. The van der Waals surface area contributed by atoms with E-state index in [0.29, 0.717) is 22.3 Å². The lowest BCUT2D eigenvalue weighted by Gasteiger charge is -2.25. The maximum atomic E-state index is 13.1. The van der Waals surface area contributed by atoms with Gasteiger partial charge in [-0.1, -0.05) is 19.1 Å². The summed E-state index contributed by atoms with van der Waals surface area (Å²) in [5.41, 5.74) is 3.09. The zero-order chi connectivity index (χ0) is 22.3. The number of aliphatic hydroxyl groups excluding tert-OH is 1. The van der Waals surface area contributed by atoms with Gasteiger partial charge in [-0.25, -0.2) is 4.98 Å². The maximum Gasteiger partial charge on any atom is 0.296 e. The number of H-pyrrole nitrogens is 1. The highest BCUT2D eigenvalue weighted by molar-refractivity contribution is 6.16. The van der Waals surface area contributed by atoms with Crippen molar-refractivity contribution in [2.24, 2.45) is 0 Å². The number of carbonyl (C=O) groups is 2. The fourth-order valence-corrected chi connectivity index (χ4v) is 3.79. The molecule has 1 unspecified atom stereocenters. The summed E-state index contributed by atoms with van der Waals surface area (Å²) in [6.45, 7) is 1.70. The summed E-state index contributed by atoms with van der Waals surface area (Å²) in [4.78, 5) is 36.7. The molecule has 0 bridgehead atoms. The second-order valence-electron chi connectivity index (χ2n) is 7.55. The molecular weight excluding hydrogens is 396 g/mol. The number of amides is 1. The van der Waals surface area contributed by atoms with Crippen molar-refractivity contribution < 1.29 is 19.4 Å². The molecule has 0 radical (unpaired) electrons. The molecule has 2 aromatic carbocycles. The molecule has 0 saturated heterocycles. The van der Waals surface area contributed by atoms with Gasteiger partial charge in [-0.2, -0.15) is 0 Å². The first-order valence-corrected chi connectivity index (χ1v) is 9.96. The number of ether oxygens (including phenoxy) is 1. The van der Waals surface area contributed by atoms with Crippen molar-refractivity contribution in [2.75, 3.05) is 31.0 Å². The molecule has 160 valence electrons. The number of rotatable bonds is 6. The number of aromatic amines is 1. The number of aromatic nitrogens is 2. The van der Waals surface area contributed by atoms with Crippen LogP contribution in [0.25, 0.3) is 11.0 Å². The van der Waals surface area contributed by atoms with E-state index >= 15 is 0 Å². The van der Waals surface area contributed by atoms with Gasteiger partial charge in [0.05, 0.1) is 29.8 Å². The number of imidazole rings is 1. The Balaban J connectivity index is 1.85. The molecule has 2 N–H and O–H groups in total. The summed E-state index contributed by atoms with van der Waals surface area (Å²) in [6.07, 6.45) is 0.171. The predicted octanol–water partition coefficient (Wildman–Crippen LogP) is 3.52. The van der Waals surface area contributed by atoms with Crippen molar-refractivity contribution in [3.05, 3.63) is 59.4 Å². The monoisotopic (exact) mass is 420 g/mol. The SMILES string of the molecule is CCC(=O)C1=C(O)C(=O)N(c2nc3ccc(OC)cc3[nH]2)C1c1ccc(N(C)C)cc1. The summed E-state index contributed by atoms with van der Waals surface area (Å²) in [7, 11) is 5.43. The summed E-state index contributed by atoms with van der Waals surface area (Å²) < 4.78 is 5.25. The minimum atomic E-state index is -0.779. The first-order chi connectivity index (χ1) is 14.8. The van der Waals surface area contributed by atoms with Crippen molar-refractivity contribution in [3.8, 4) is 5.75 Å². The zero-order valence-electron chi connectivity index (χ0n) is 17.8. The van der Waals surface area contributed by atoms with Crippen LogP contribution in [0.2, 0.25) is 0 Å². The van der Waals surface area contributed by atoms with E-state index in [4.69, 9.17) is 4.74 Å². The number of nitrogens with one attached hydrogen (secondary N) is 1. The highest BCUT2D eigenvalue weighted by Crippen LogP contribution is 2.41. The Morgan fingerprint density at radius 1 is 1.23 bits per heavy atom. The molecule has 8 nitrogen and oxygen atoms in total.